The molecule has 1 unspecified atom stereocenters. The lowest BCUT2D eigenvalue weighted by Crippen LogP contribution is -2.52. The molecule has 0 saturated heterocycles. The number of hydrogen-bond acceptors (Lipinski definition) is 3. The van der Waals surface area contributed by atoms with Gasteiger partial charge in [-0.05, 0) is 37.8 Å². The summed E-state index contributed by atoms with van der Waals surface area (Å²) in [6.07, 6.45) is 2.25. The first-order chi connectivity index (χ1) is 8.15. The van der Waals surface area contributed by atoms with Crippen molar-refractivity contribution in [2.24, 2.45) is 10.8 Å². The van der Waals surface area contributed by atoms with Gasteiger partial charge in [-0.1, -0.05) is 25.5 Å². The molecule has 1 spiro atoms. The fourth-order valence-electron chi connectivity index (χ4n) is 3.94. The van der Waals surface area contributed by atoms with Crippen LogP contribution in [0.4, 0.5) is 0 Å². The van der Waals surface area contributed by atoms with E-state index in [9.17, 15) is 15.3 Å². The van der Waals surface area contributed by atoms with E-state index in [2.05, 4.69) is 0 Å². The summed E-state index contributed by atoms with van der Waals surface area (Å²) in [6, 6.07) is 0. The Morgan fingerprint density at radius 1 is 1.11 bits per heavy atom. The first kappa shape index (κ1) is 12.4. The normalized spacial score (nSPS) is 44.1. The maximum absolute atomic E-state index is 10.7. The van der Waals surface area contributed by atoms with Gasteiger partial charge in [-0.25, -0.2) is 0 Å². The van der Waals surface area contributed by atoms with Gasteiger partial charge < -0.3 is 15.3 Å². The van der Waals surface area contributed by atoms with Gasteiger partial charge in [0.15, 0.2) is 0 Å². The Morgan fingerprint density at radius 3 is 2.17 bits per heavy atom. The first-order valence-electron chi connectivity index (χ1n) is 6.68. The molecule has 0 aromatic heterocycles. The number of hydrogen-bond donors (Lipinski definition) is 3. The average Bonchev–Trinajstić information content (AvgIpc) is 3.02. The third kappa shape index (κ3) is 1.16. The lowest BCUT2D eigenvalue weighted by atomic mass is 9.66. The monoisotopic (exact) mass is 250 g/mol. The zero-order valence-electron chi connectivity index (χ0n) is 11.5. The number of aliphatic hydroxyl groups is 3. The molecule has 3 aliphatic rings. The molecule has 3 rings (SSSR count). The summed E-state index contributed by atoms with van der Waals surface area (Å²) < 4.78 is 0. The van der Waals surface area contributed by atoms with Crippen LogP contribution in [0.2, 0.25) is 0 Å². The van der Waals surface area contributed by atoms with Crippen LogP contribution >= 0.6 is 0 Å². The first-order valence-corrected chi connectivity index (χ1v) is 6.68. The molecule has 0 amide bonds. The van der Waals surface area contributed by atoms with Gasteiger partial charge in [-0.3, -0.25) is 0 Å². The fourth-order valence-corrected chi connectivity index (χ4v) is 3.94. The predicted octanol–water partition coefficient (Wildman–Crippen LogP) is 1.54. The molecule has 0 radical (unpaired) electrons. The molecule has 3 atom stereocenters. The van der Waals surface area contributed by atoms with Gasteiger partial charge in [-0.2, -0.15) is 0 Å². The highest BCUT2D eigenvalue weighted by atomic mass is 16.3. The number of aliphatic hydroxyl groups excluding tert-OH is 2. The minimum atomic E-state index is -1.12. The highest BCUT2D eigenvalue weighted by Gasteiger charge is 2.65. The third-order valence-electron chi connectivity index (χ3n) is 5.48. The second kappa shape index (κ2) is 3.09. The van der Waals surface area contributed by atoms with Gasteiger partial charge in [-0.15, -0.1) is 0 Å². The van der Waals surface area contributed by atoms with Crippen molar-refractivity contribution in [3.05, 3.63) is 22.8 Å². The van der Waals surface area contributed by atoms with Crippen LogP contribution in [0.1, 0.15) is 40.5 Å². The molecule has 3 aliphatic carbocycles. The van der Waals surface area contributed by atoms with E-state index in [-0.39, 0.29) is 10.8 Å². The van der Waals surface area contributed by atoms with Gasteiger partial charge in [0.05, 0.1) is 6.10 Å². The molecule has 0 aromatic carbocycles. The SMILES string of the molecule is CC1=C2C(=CC(C)(C)C2O)[C@@H](O)[C@](C)(O)C12CC2. The van der Waals surface area contributed by atoms with Gasteiger partial charge >= 0.3 is 0 Å². The van der Waals surface area contributed by atoms with Crippen LogP contribution in [-0.4, -0.2) is 33.1 Å². The molecule has 3 N–H and O–H groups in total. The van der Waals surface area contributed by atoms with E-state index in [1.807, 2.05) is 26.8 Å². The third-order valence-corrected chi connectivity index (χ3v) is 5.48. The van der Waals surface area contributed by atoms with Crippen molar-refractivity contribution in [1.29, 1.82) is 0 Å². The van der Waals surface area contributed by atoms with E-state index in [1.165, 1.54) is 0 Å². The molecule has 0 heterocycles. The average molecular weight is 250 g/mol. The van der Waals surface area contributed by atoms with Crippen molar-refractivity contribution in [1.82, 2.24) is 0 Å². The summed E-state index contributed by atoms with van der Waals surface area (Å²) in [5.41, 5.74) is 0.863. The Bertz CT molecular complexity index is 478. The van der Waals surface area contributed by atoms with Crippen LogP contribution in [0.25, 0.3) is 0 Å². The Labute approximate surface area is 108 Å². The molecule has 0 aromatic rings. The molecule has 0 bridgehead atoms. The lowest BCUT2D eigenvalue weighted by molar-refractivity contribution is -0.0900. The smallest absolute Gasteiger partial charge is 0.108 e. The highest BCUT2D eigenvalue weighted by Crippen LogP contribution is 2.66. The topological polar surface area (TPSA) is 60.7 Å². The van der Waals surface area contributed by atoms with Crippen molar-refractivity contribution in [2.75, 3.05) is 0 Å². The maximum atomic E-state index is 10.7. The van der Waals surface area contributed by atoms with Gasteiger partial charge in [0.2, 0.25) is 0 Å². The fraction of sp³-hybridized carbons (Fsp3) is 0.733. The van der Waals surface area contributed by atoms with Crippen molar-refractivity contribution in [2.45, 2.75) is 58.3 Å². The minimum Gasteiger partial charge on any atom is -0.388 e. The molecule has 100 valence electrons. The standard InChI is InChI=1S/C15H22O3/c1-8-10-9(7-13(2,3)12(10)17)11(16)14(4,18)15(8)5-6-15/h7,11-12,16-18H,5-6H2,1-4H3/t11-,12?,14+/m1/s1. The van der Waals surface area contributed by atoms with Crippen molar-refractivity contribution >= 4 is 0 Å². The Kier molecular flexibility index (Phi) is 2.13. The van der Waals surface area contributed by atoms with Crippen LogP contribution in [0.5, 0.6) is 0 Å². The molecular formula is C15H22O3. The summed E-state index contributed by atoms with van der Waals surface area (Å²) in [6.45, 7) is 7.65. The molecule has 1 saturated carbocycles. The van der Waals surface area contributed by atoms with Crippen molar-refractivity contribution in [3.63, 3.8) is 0 Å². The number of fused-ring (bicyclic) bond motifs is 1. The second-order valence-corrected chi connectivity index (χ2v) is 6.99. The van der Waals surface area contributed by atoms with E-state index < -0.39 is 17.8 Å². The zero-order valence-corrected chi connectivity index (χ0v) is 11.5. The van der Waals surface area contributed by atoms with Gasteiger partial charge in [0, 0.05) is 10.8 Å². The van der Waals surface area contributed by atoms with Gasteiger partial charge in [0.25, 0.3) is 0 Å². The quantitative estimate of drug-likeness (QED) is 0.611. The second-order valence-electron chi connectivity index (χ2n) is 6.99. The lowest BCUT2D eigenvalue weighted by Gasteiger charge is -2.44. The molecular weight excluding hydrogens is 228 g/mol. The summed E-state index contributed by atoms with van der Waals surface area (Å²) in [4.78, 5) is 0. The molecule has 3 heteroatoms. The van der Waals surface area contributed by atoms with E-state index in [1.54, 1.807) is 6.92 Å². The van der Waals surface area contributed by atoms with E-state index >= 15 is 0 Å². The Hall–Kier alpha value is -0.640. The summed E-state index contributed by atoms with van der Waals surface area (Å²) >= 11 is 0. The molecule has 18 heavy (non-hydrogen) atoms. The Morgan fingerprint density at radius 2 is 1.67 bits per heavy atom. The van der Waals surface area contributed by atoms with E-state index in [4.69, 9.17) is 0 Å². The predicted molar refractivity (Wildman–Crippen MR) is 68.9 cm³/mol. The van der Waals surface area contributed by atoms with Crippen molar-refractivity contribution < 1.29 is 15.3 Å². The molecule has 3 nitrogen and oxygen atoms in total. The van der Waals surface area contributed by atoms with Gasteiger partial charge in [0.1, 0.15) is 11.7 Å². The minimum absolute atomic E-state index is 0.319. The summed E-state index contributed by atoms with van der Waals surface area (Å²) in [7, 11) is 0. The highest BCUT2D eigenvalue weighted by molar-refractivity contribution is 5.56. The molecule has 1 fully saturated rings. The van der Waals surface area contributed by atoms with Crippen molar-refractivity contribution in [3.8, 4) is 0 Å². The van der Waals surface area contributed by atoms with E-state index in [0.717, 1.165) is 29.6 Å². The summed E-state index contributed by atoms with van der Waals surface area (Å²) in [5, 5.41) is 31.7. The van der Waals surface area contributed by atoms with E-state index in [0.29, 0.717) is 0 Å². The molecule has 0 aliphatic heterocycles. The van der Waals surface area contributed by atoms with Crippen LogP contribution in [0.3, 0.4) is 0 Å². The van der Waals surface area contributed by atoms with Crippen LogP contribution in [0.15, 0.2) is 22.8 Å². The van der Waals surface area contributed by atoms with Crippen LogP contribution < -0.4 is 0 Å². The van der Waals surface area contributed by atoms with Crippen LogP contribution in [0, 0.1) is 10.8 Å². The largest absolute Gasteiger partial charge is 0.388 e. The Balaban J connectivity index is 2.24. The number of rotatable bonds is 0. The zero-order chi connectivity index (χ0) is 13.5. The maximum Gasteiger partial charge on any atom is 0.108 e. The summed E-state index contributed by atoms with van der Waals surface area (Å²) in [5.74, 6) is 0. The van der Waals surface area contributed by atoms with Crippen LogP contribution in [-0.2, 0) is 0 Å².